The van der Waals surface area contributed by atoms with Gasteiger partial charge in [-0.2, -0.15) is 5.26 Å². The van der Waals surface area contributed by atoms with Crippen molar-refractivity contribution >= 4 is 10.9 Å². The number of nitrogens with two attached hydrogens (primary N) is 1. The highest BCUT2D eigenvalue weighted by Gasteiger charge is 2.05. The quantitative estimate of drug-likeness (QED) is 0.793. The molecule has 0 spiro atoms. The van der Waals surface area contributed by atoms with Gasteiger partial charge in [-0.15, -0.1) is 0 Å². The van der Waals surface area contributed by atoms with Crippen LogP contribution in [0.1, 0.15) is 12.0 Å². The van der Waals surface area contributed by atoms with Gasteiger partial charge in [-0.1, -0.05) is 18.2 Å². The van der Waals surface area contributed by atoms with E-state index in [4.69, 9.17) is 11.0 Å². The second-order valence-corrected chi connectivity index (χ2v) is 3.63. The van der Waals surface area contributed by atoms with Crippen molar-refractivity contribution < 1.29 is 0 Å². The summed E-state index contributed by atoms with van der Waals surface area (Å²) in [4.78, 5) is 3.21. The average molecular weight is 199 g/mol. The fourth-order valence-electron chi connectivity index (χ4n) is 1.71. The monoisotopic (exact) mass is 199 g/mol. The molecular formula is C12H13N3. The van der Waals surface area contributed by atoms with Crippen molar-refractivity contribution in [2.24, 2.45) is 5.73 Å². The SMILES string of the molecule is N#CC(N)CCc1c[nH]c2ccccc12. The fraction of sp³-hybridized carbons (Fsp3) is 0.250. The van der Waals surface area contributed by atoms with Crippen LogP contribution in [-0.2, 0) is 6.42 Å². The molecule has 3 nitrogen and oxygen atoms in total. The summed E-state index contributed by atoms with van der Waals surface area (Å²) < 4.78 is 0. The van der Waals surface area contributed by atoms with E-state index in [1.54, 1.807) is 0 Å². The third-order valence-electron chi connectivity index (χ3n) is 2.57. The summed E-state index contributed by atoms with van der Waals surface area (Å²) >= 11 is 0. The Hall–Kier alpha value is -1.79. The van der Waals surface area contributed by atoms with Gasteiger partial charge in [-0.05, 0) is 24.5 Å². The Morgan fingerprint density at radius 1 is 1.40 bits per heavy atom. The Morgan fingerprint density at radius 2 is 2.20 bits per heavy atom. The minimum Gasteiger partial charge on any atom is -0.361 e. The Bertz CT molecular complexity index is 493. The number of aryl methyl sites for hydroxylation is 1. The highest BCUT2D eigenvalue weighted by molar-refractivity contribution is 5.82. The number of nitrogens with one attached hydrogen (secondary N) is 1. The summed E-state index contributed by atoms with van der Waals surface area (Å²) in [6.45, 7) is 0. The summed E-state index contributed by atoms with van der Waals surface area (Å²) in [6.07, 6.45) is 3.55. The summed E-state index contributed by atoms with van der Waals surface area (Å²) in [5.41, 5.74) is 7.93. The Balaban J connectivity index is 2.19. The highest BCUT2D eigenvalue weighted by Crippen LogP contribution is 2.19. The van der Waals surface area contributed by atoms with Crippen LogP contribution in [0.4, 0.5) is 0 Å². The van der Waals surface area contributed by atoms with Crippen molar-refractivity contribution in [3.63, 3.8) is 0 Å². The number of H-pyrrole nitrogens is 1. The van der Waals surface area contributed by atoms with Gasteiger partial charge in [-0.3, -0.25) is 0 Å². The van der Waals surface area contributed by atoms with E-state index in [2.05, 4.69) is 11.1 Å². The van der Waals surface area contributed by atoms with Gasteiger partial charge in [0, 0.05) is 17.1 Å². The van der Waals surface area contributed by atoms with Crippen LogP contribution in [0.3, 0.4) is 0 Å². The third-order valence-corrected chi connectivity index (χ3v) is 2.57. The molecule has 0 amide bonds. The van der Waals surface area contributed by atoms with Crippen LogP contribution in [0.2, 0.25) is 0 Å². The standard InChI is InChI=1S/C12H13N3/c13-7-10(14)6-5-9-8-15-12-4-2-1-3-11(9)12/h1-4,8,10,15H,5-6,14H2. The van der Waals surface area contributed by atoms with Gasteiger partial charge in [0.2, 0.25) is 0 Å². The molecule has 1 aromatic heterocycles. The summed E-state index contributed by atoms with van der Waals surface area (Å²) in [7, 11) is 0. The van der Waals surface area contributed by atoms with Crippen molar-refractivity contribution in [2.45, 2.75) is 18.9 Å². The van der Waals surface area contributed by atoms with Gasteiger partial charge in [0.25, 0.3) is 0 Å². The molecule has 0 aliphatic carbocycles. The number of fused-ring (bicyclic) bond motifs is 1. The number of rotatable bonds is 3. The van der Waals surface area contributed by atoms with Crippen LogP contribution in [0.15, 0.2) is 30.5 Å². The number of para-hydroxylation sites is 1. The number of nitriles is 1. The normalized spacial score (nSPS) is 12.5. The third kappa shape index (κ3) is 2.00. The molecule has 0 aliphatic heterocycles. The van der Waals surface area contributed by atoms with E-state index in [9.17, 15) is 0 Å². The molecule has 1 aromatic carbocycles. The fourth-order valence-corrected chi connectivity index (χ4v) is 1.71. The van der Waals surface area contributed by atoms with Gasteiger partial charge in [0.05, 0.1) is 12.1 Å². The minimum absolute atomic E-state index is 0.362. The summed E-state index contributed by atoms with van der Waals surface area (Å²) in [5.74, 6) is 0. The number of hydrogen-bond donors (Lipinski definition) is 2. The van der Waals surface area contributed by atoms with Crippen LogP contribution in [0, 0.1) is 11.3 Å². The van der Waals surface area contributed by atoms with Gasteiger partial charge < -0.3 is 10.7 Å². The topological polar surface area (TPSA) is 65.6 Å². The van der Waals surface area contributed by atoms with Crippen molar-refractivity contribution in [3.8, 4) is 6.07 Å². The molecule has 0 bridgehead atoms. The number of hydrogen-bond acceptors (Lipinski definition) is 2. The highest BCUT2D eigenvalue weighted by atomic mass is 14.7. The predicted molar refractivity (Wildman–Crippen MR) is 60.2 cm³/mol. The Morgan fingerprint density at radius 3 is 3.00 bits per heavy atom. The molecule has 0 radical (unpaired) electrons. The maximum absolute atomic E-state index is 8.59. The molecule has 0 saturated carbocycles. The van der Waals surface area contributed by atoms with Crippen LogP contribution < -0.4 is 5.73 Å². The van der Waals surface area contributed by atoms with Crippen molar-refractivity contribution in [1.82, 2.24) is 4.98 Å². The summed E-state index contributed by atoms with van der Waals surface area (Å²) in [6, 6.07) is 9.83. The molecule has 1 atom stereocenters. The van der Waals surface area contributed by atoms with Crippen LogP contribution in [-0.4, -0.2) is 11.0 Å². The van der Waals surface area contributed by atoms with Crippen molar-refractivity contribution in [2.75, 3.05) is 0 Å². The lowest BCUT2D eigenvalue weighted by atomic mass is 10.1. The van der Waals surface area contributed by atoms with Gasteiger partial charge in [0.1, 0.15) is 0 Å². The number of benzene rings is 1. The zero-order chi connectivity index (χ0) is 10.7. The lowest BCUT2D eigenvalue weighted by Crippen LogP contribution is -2.17. The first-order chi connectivity index (χ1) is 7.31. The smallest absolute Gasteiger partial charge is 0.0931 e. The Labute approximate surface area is 88.5 Å². The number of nitrogens with zero attached hydrogens (tertiary/aromatic N) is 1. The first kappa shape index (κ1) is 9.75. The first-order valence-electron chi connectivity index (χ1n) is 5.01. The molecule has 15 heavy (non-hydrogen) atoms. The maximum Gasteiger partial charge on any atom is 0.0931 e. The summed E-state index contributed by atoms with van der Waals surface area (Å²) in [5, 5.41) is 9.82. The second-order valence-electron chi connectivity index (χ2n) is 3.63. The zero-order valence-corrected chi connectivity index (χ0v) is 8.40. The average Bonchev–Trinajstić information content (AvgIpc) is 2.69. The number of aromatic nitrogens is 1. The van der Waals surface area contributed by atoms with E-state index in [1.807, 2.05) is 30.5 Å². The van der Waals surface area contributed by atoms with E-state index in [1.165, 1.54) is 10.9 Å². The molecule has 3 heteroatoms. The molecule has 1 unspecified atom stereocenters. The molecule has 0 fully saturated rings. The molecular weight excluding hydrogens is 186 g/mol. The van der Waals surface area contributed by atoms with Crippen molar-refractivity contribution in [1.29, 1.82) is 5.26 Å². The van der Waals surface area contributed by atoms with Gasteiger partial charge >= 0.3 is 0 Å². The predicted octanol–water partition coefficient (Wildman–Crippen LogP) is 1.95. The van der Waals surface area contributed by atoms with E-state index < -0.39 is 0 Å². The Kier molecular flexibility index (Phi) is 2.70. The molecule has 3 N–H and O–H groups in total. The van der Waals surface area contributed by atoms with E-state index in [0.717, 1.165) is 11.9 Å². The maximum atomic E-state index is 8.59. The van der Waals surface area contributed by atoms with Crippen LogP contribution >= 0.6 is 0 Å². The van der Waals surface area contributed by atoms with E-state index >= 15 is 0 Å². The van der Waals surface area contributed by atoms with Crippen LogP contribution in [0.25, 0.3) is 10.9 Å². The number of aromatic amines is 1. The van der Waals surface area contributed by atoms with Crippen molar-refractivity contribution in [3.05, 3.63) is 36.0 Å². The zero-order valence-electron chi connectivity index (χ0n) is 8.40. The lowest BCUT2D eigenvalue weighted by molar-refractivity contribution is 0.733. The van der Waals surface area contributed by atoms with E-state index in [-0.39, 0.29) is 6.04 Å². The molecule has 0 aliphatic rings. The second kappa shape index (κ2) is 4.16. The largest absolute Gasteiger partial charge is 0.361 e. The van der Waals surface area contributed by atoms with Gasteiger partial charge in [0.15, 0.2) is 0 Å². The molecule has 0 saturated heterocycles. The van der Waals surface area contributed by atoms with E-state index in [0.29, 0.717) is 6.42 Å². The molecule has 1 heterocycles. The first-order valence-corrected chi connectivity index (χ1v) is 5.01. The minimum atomic E-state index is -0.362. The lowest BCUT2D eigenvalue weighted by Gasteiger charge is -2.01. The molecule has 2 aromatic rings. The molecule has 2 rings (SSSR count). The van der Waals surface area contributed by atoms with Crippen LogP contribution in [0.5, 0.6) is 0 Å². The van der Waals surface area contributed by atoms with Gasteiger partial charge in [-0.25, -0.2) is 0 Å². The molecule has 76 valence electrons.